The topological polar surface area (TPSA) is 64.3 Å². The first kappa shape index (κ1) is 18.4. The maximum Gasteiger partial charge on any atom is 0.237 e. The summed E-state index contributed by atoms with van der Waals surface area (Å²) in [5.41, 5.74) is 4.79. The number of carbonyl (C=O) groups excluding carboxylic acids is 1. The second-order valence-corrected chi connectivity index (χ2v) is 5.77. The molecule has 0 saturated heterocycles. The molecular formula is C15H32N2O2. The van der Waals surface area contributed by atoms with Gasteiger partial charge in [-0.1, -0.05) is 32.6 Å². The lowest BCUT2D eigenvalue weighted by molar-refractivity contribution is -0.124. The van der Waals surface area contributed by atoms with Crippen molar-refractivity contribution in [3.63, 3.8) is 0 Å². The fourth-order valence-corrected chi connectivity index (χ4v) is 2.09. The molecule has 0 aromatic heterocycles. The van der Waals surface area contributed by atoms with Crippen LogP contribution in [0.15, 0.2) is 0 Å². The maximum atomic E-state index is 11.5. The highest BCUT2D eigenvalue weighted by atomic mass is 16.5. The second kappa shape index (κ2) is 10.2. The van der Waals surface area contributed by atoms with Crippen LogP contribution in [0.2, 0.25) is 0 Å². The van der Waals surface area contributed by atoms with E-state index in [-0.39, 0.29) is 11.9 Å². The van der Waals surface area contributed by atoms with Gasteiger partial charge in [-0.15, -0.1) is 0 Å². The number of hydrogen-bond donors (Lipinski definition) is 2. The summed E-state index contributed by atoms with van der Waals surface area (Å²) in [5.74, 6) is -0.312. The standard InChI is InChI=1S/C15H32N2O2/c1-5-6-7-8-9-11-19-12-10-15(4,14(16)18)17-13(2)3/h13,17H,5-12H2,1-4H3,(H2,16,18). The summed E-state index contributed by atoms with van der Waals surface area (Å²) in [5, 5.41) is 3.22. The first-order chi connectivity index (χ1) is 8.92. The predicted molar refractivity (Wildman–Crippen MR) is 80.1 cm³/mol. The Morgan fingerprint density at radius 3 is 2.37 bits per heavy atom. The number of carbonyl (C=O) groups is 1. The zero-order chi connectivity index (χ0) is 14.7. The number of nitrogens with two attached hydrogens (primary N) is 1. The molecule has 0 rings (SSSR count). The smallest absolute Gasteiger partial charge is 0.237 e. The molecule has 3 N–H and O–H groups in total. The molecule has 0 bridgehead atoms. The lowest BCUT2D eigenvalue weighted by atomic mass is 9.96. The van der Waals surface area contributed by atoms with E-state index in [0.29, 0.717) is 13.0 Å². The summed E-state index contributed by atoms with van der Waals surface area (Å²) in [6, 6.07) is 0.228. The van der Waals surface area contributed by atoms with Gasteiger partial charge in [0.25, 0.3) is 0 Å². The Hall–Kier alpha value is -0.610. The molecule has 0 aliphatic carbocycles. The summed E-state index contributed by atoms with van der Waals surface area (Å²) in [7, 11) is 0. The molecule has 1 amide bonds. The highest BCUT2D eigenvalue weighted by Gasteiger charge is 2.30. The second-order valence-electron chi connectivity index (χ2n) is 5.77. The molecule has 114 valence electrons. The number of primary amides is 1. The van der Waals surface area contributed by atoms with Crippen molar-refractivity contribution in [2.45, 2.75) is 77.8 Å². The Morgan fingerprint density at radius 1 is 1.21 bits per heavy atom. The van der Waals surface area contributed by atoms with Gasteiger partial charge < -0.3 is 15.8 Å². The quantitative estimate of drug-likeness (QED) is 0.537. The fourth-order valence-electron chi connectivity index (χ4n) is 2.09. The third-order valence-corrected chi connectivity index (χ3v) is 3.29. The predicted octanol–water partition coefficient (Wildman–Crippen LogP) is 2.61. The third-order valence-electron chi connectivity index (χ3n) is 3.29. The molecule has 0 aliphatic rings. The monoisotopic (exact) mass is 272 g/mol. The molecule has 4 heteroatoms. The number of nitrogens with one attached hydrogen (secondary N) is 1. The van der Waals surface area contributed by atoms with Gasteiger partial charge in [-0.2, -0.15) is 0 Å². The van der Waals surface area contributed by atoms with Crippen molar-refractivity contribution in [3.05, 3.63) is 0 Å². The largest absolute Gasteiger partial charge is 0.381 e. The summed E-state index contributed by atoms with van der Waals surface area (Å²) >= 11 is 0. The van der Waals surface area contributed by atoms with E-state index < -0.39 is 5.54 Å². The molecule has 0 aromatic rings. The summed E-state index contributed by atoms with van der Waals surface area (Å²) in [6.45, 7) is 9.43. The Kier molecular flexibility index (Phi) is 9.88. The number of ether oxygens (including phenoxy) is 1. The van der Waals surface area contributed by atoms with Crippen molar-refractivity contribution in [2.24, 2.45) is 5.73 Å². The lowest BCUT2D eigenvalue weighted by Gasteiger charge is -2.29. The van der Waals surface area contributed by atoms with Crippen LogP contribution < -0.4 is 11.1 Å². The molecule has 4 nitrogen and oxygen atoms in total. The van der Waals surface area contributed by atoms with Gasteiger partial charge in [0.1, 0.15) is 0 Å². The van der Waals surface area contributed by atoms with E-state index in [1.807, 2.05) is 20.8 Å². The van der Waals surface area contributed by atoms with Crippen LogP contribution in [0.3, 0.4) is 0 Å². The van der Waals surface area contributed by atoms with Gasteiger partial charge in [0, 0.05) is 19.3 Å². The van der Waals surface area contributed by atoms with Crippen LogP contribution in [-0.2, 0) is 9.53 Å². The average molecular weight is 272 g/mol. The van der Waals surface area contributed by atoms with E-state index in [0.717, 1.165) is 13.0 Å². The lowest BCUT2D eigenvalue weighted by Crippen LogP contribution is -2.56. The van der Waals surface area contributed by atoms with Crippen LogP contribution in [0.1, 0.15) is 66.2 Å². The van der Waals surface area contributed by atoms with Crippen LogP contribution in [-0.4, -0.2) is 30.7 Å². The Morgan fingerprint density at radius 2 is 1.84 bits per heavy atom. The summed E-state index contributed by atoms with van der Waals surface area (Å²) < 4.78 is 5.59. The van der Waals surface area contributed by atoms with Crippen LogP contribution in [0.5, 0.6) is 0 Å². The number of amides is 1. The van der Waals surface area contributed by atoms with Crippen molar-refractivity contribution < 1.29 is 9.53 Å². The first-order valence-corrected chi connectivity index (χ1v) is 7.57. The van der Waals surface area contributed by atoms with E-state index in [9.17, 15) is 4.79 Å². The average Bonchev–Trinajstić information content (AvgIpc) is 2.31. The van der Waals surface area contributed by atoms with E-state index in [4.69, 9.17) is 10.5 Å². The molecule has 1 unspecified atom stereocenters. The van der Waals surface area contributed by atoms with Gasteiger partial charge in [-0.05, 0) is 33.6 Å². The molecule has 1 atom stereocenters. The van der Waals surface area contributed by atoms with Gasteiger partial charge in [-0.25, -0.2) is 0 Å². The molecule has 0 radical (unpaired) electrons. The molecule has 0 fully saturated rings. The van der Waals surface area contributed by atoms with Gasteiger partial charge in [0.2, 0.25) is 5.91 Å². The van der Waals surface area contributed by atoms with Crippen molar-refractivity contribution in [1.29, 1.82) is 0 Å². The highest BCUT2D eigenvalue weighted by molar-refractivity contribution is 5.84. The molecule has 0 heterocycles. The van der Waals surface area contributed by atoms with Crippen molar-refractivity contribution in [2.75, 3.05) is 13.2 Å². The van der Waals surface area contributed by atoms with E-state index >= 15 is 0 Å². The van der Waals surface area contributed by atoms with E-state index in [1.54, 1.807) is 0 Å². The molecule has 0 aliphatic heterocycles. The Balaban J connectivity index is 3.74. The molecular weight excluding hydrogens is 240 g/mol. The zero-order valence-corrected chi connectivity index (χ0v) is 13.1. The zero-order valence-electron chi connectivity index (χ0n) is 13.1. The van der Waals surface area contributed by atoms with Gasteiger partial charge in [0.15, 0.2) is 0 Å². The van der Waals surface area contributed by atoms with Gasteiger partial charge in [0.05, 0.1) is 5.54 Å². The molecule has 0 saturated carbocycles. The molecule has 19 heavy (non-hydrogen) atoms. The van der Waals surface area contributed by atoms with E-state index in [2.05, 4.69) is 12.2 Å². The normalized spacial score (nSPS) is 14.6. The summed E-state index contributed by atoms with van der Waals surface area (Å²) in [6.07, 6.45) is 6.80. The van der Waals surface area contributed by atoms with Gasteiger partial charge in [-0.3, -0.25) is 4.79 Å². The maximum absolute atomic E-state index is 11.5. The number of rotatable bonds is 12. The highest BCUT2D eigenvalue weighted by Crippen LogP contribution is 2.11. The van der Waals surface area contributed by atoms with Crippen molar-refractivity contribution in [1.82, 2.24) is 5.32 Å². The Labute approximate surface area is 118 Å². The minimum atomic E-state index is -0.670. The minimum Gasteiger partial charge on any atom is -0.381 e. The molecule has 0 spiro atoms. The van der Waals surface area contributed by atoms with Crippen molar-refractivity contribution >= 4 is 5.91 Å². The first-order valence-electron chi connectivity index (χ1n) is 7.57. The third kappa shape index (κ3) is 9.00. The van der Waals surface area contributed by atoms with E-state index in [1.165, 1.54) is 25.7 Å². The van der Waals surface area contributed by atoms with Crippen LogP contribution in [0.4, 0.5) is 0 Å². The molecule has 0 aromatic carbocycles. The van der Waals surface area contributed by atoms with Crippen LogP contribution in [0.25, 0.3) is 0 Å². The van der Waals surface area contributed by atoms with Crippen LogP contribution in [0, 0.1) is 0 Å². The fraction of sp³-hybridized carbons (Fsp3) is 0.933. The SMILES string of the molecule is CCCCCCCOCCC(C)(NC(C)C)C(N)=O. The number of hydrogen-bond acceptors (Lipinski definition) is 3. The number of unbranched alkanes of at least 4 members (excludes halogenated alkanes) is 4. The minimum absolute atomic E-state index is 0.228. The van der Waals surface area contributed by atoms with Gasteiger partial charge >= 0.3 is 0 Å². The Bertz CT molecular complexity index is 244. The van der Waals surface area contributed by atoms with Crippen LogP contribution >= 0.6 is 0 Å². The van der Waals surface area contributed by atoms with Crippen molar-refractivity contribution in [3.8, 4) is 0 Å². The summed E-state index contributed by atoms with van der Waals surface area (Å²) in [4.78, 5) is 11.5.